The van der Waals surface area contributed by atoms with E-state index in [1.807, 2.05) is 6.92 Å². The molecule has 132 valence electrons. The molecular formula is C17H17N7S2. The normalized spacial score (nSPS) is 10.7. The summed E-state index contributed by atoms with van der Waals surface area (Å²) in [6.07, 6.45) is 4.45. The molecule has 0 bridgehead atoms. The molecule has 0 fully saturated rings. The van der Waals surface area contributed by atoms with E-state index in [9.17, 15) is 5.26 Å². The number of nitrogens with two attached hydrogens (primary N) is 2. The highest BCUT2D eigenvalue weighted by molar-refractivity contribution is 7.99. The minimum atomic E-state index is 0.149. The Morgan fingerprint density at radius 2 is 1.96 bits per heavy atom. The number of nitriles is 1. The van der Waals surface area contributed by atoms with Crippen molar-refractivity contribution in [1.29, 1.82) is 5.26 Å². The average Bonchev–Trinajstić information content (AvgIpc) is 2.98. The van der Waals surface area contributed by atoms with Crippen LogP contribution in [0.4, 0.5) is 10.9 Å². The summed E-state index contributed by atoms with van der Waals surface area (Å²) in [6, 6.07) is 3.90. The lowest BCUT2D eigenvalue weighted by Crippen LogP contribution is -2.01. The van der Waals surface area contributed by atoms with Crippen molar-refractivity contribution in [3.05, 3.63) is 28.9 Å². The van der Waals surface area contributed by atoms with Crippen LogP contribution in [0.15, 0.2) is 23.6 Å². The molecule has 0 aliphatic carbocycles. The summed E-state index contributed by atoms with van der Waals surface area (Å²) in [4.78, 5) is 18.3. The van der Waals surface area contributed by atoms with E-state index in [4.69, 9.17) is 11.5 Å². The number of rotatable bonds is 5. The molecule has 0 saturated heterocycles. The predicted molar refractivity (Wildman–Crippen MR) is 106 cm³/mol. The van der Waals surface area contributed by atoms with Crippen molar-refractivity contribution in [3.63, 3.8) is 0 Å². The maximum absolute atomic E-state index is 9.50. The molecule has 0 aliphatic rings. The highest BCUT2D eigenvalue weighted by atomic mass is 32.2. The highest BCUT2D eigenvalue weighted by Crippen LogP contribution is 2.33. The second-order valence-electron chi connectivity index (χ2n) is 5.49. The summed E-state index contributed by atoms with van der Waals surface area (Å²) in [5.74, 6) is 1.11. The third-order valence-corrected chi connectivity index (χ3v) is 5.47. The molecule has 0 spiro atoms. The highest BCUT2D eigenvalue weighted by Gasteiger charge is 2.17. The number of pyridine rings is 1. The van der Waals surface area contributed by atoms with Crippen molar-refractivity contribution >= 4 is 34.0 Å². The van der Waals surface area contributed by atoms with Gasteiger partial charge in [0.2, 0.25) is 0 Å². The summed E-state index contributed by atoms with van der Waals surface area (Å²) in [7, 11) is 0. The molecule has 7 nitrogen and oxygen atoms in total. The number of nitrogen functional groups attached to an aromatic ring is 2. The van der Waals surface area contributed by atoms with Gasteiger partial charge in [0, 0.05) is 34.2 Å². The second kappa shape index (κ2) is 7.68. The zero-order valence-corrected chi connectivity index (χ0v) is 16.0. The smallest absolute Gasteiger partial charge is 0.187 e. The third-order valence-electron chi connectivity index (χ3n) is 3.59. The molecule has 26 heavy (non-hydrogen) atoms. The molecule has 0 aliphatic heterocycles. The van der Waals surface area contributed by atoms with Crippen LogP contribution in [0.2, 0.25) is 0 Å². The standard InChI is InChI=1S/C17H17N7S2/c1-3-4-25-17-21-7-10(8-22-17)11-5-13(23-15(19)12(11)6-18)14-9(2)26-16(20)24-14/h5,7-8H,3-4H2,1-2H3,(H2,19,23)(H2,20,24). The van der Waals surface area contributed by atoms with E-state index < -0.39 is 0 Å². The van der Waals surface area contributed by atoms with Gasteiger partial charge in [0.25, 0.3) is 0 Å². The zero-order valence-electron chi connectivity index (χ0n) is 14.4. The number of thiazole rings is 1. The van der Waals surface area contributed by atoms with Crippen LogP contribution in [-0.4, -0.2) is 25.7 Å². The van der Waals surface area contributed by atoms with Gasteiger partial charge in [0.05, 0.1) is 5.69 Å². The Labute approximate surface area is 159 Å². The quantitative estimate of drug-likeness (QED) is 0.506. The molecule has 3 rings (SSSR count). The average molecular weight is 384 g/mol. The lowest BCUT2D eigenvalue weighted by molar-refractivity contribution is 0.963. The third kappa shape index (κ3) is 3.61. The predicted octanol–water partition coefficient (Wildman–Crippen LogP) is 3.51. The molecule has 3 heterocycles. The van der Waals surface area contributed by atoms with Crippen LogP contribution in [-0.2, 0) is 0 Å². The fourth-order valence-corrected chi connectivity index (χ4v) is 3.75. The van der Waals surface area contributed by atoms with Crippen LogP contribution in [0, 0.1) is 18.3 Å². The molecule has 3 aromatic heterocycles. The lowest BCUT2D eigenvalue weighted by Gasteiger charge is -2.09. The number of thioether (sulfide) groups is 1. The molecule has 9 heteroatoms. The lowest BCUT2D eigenvalue weighted by atomic mass is 10.0. The Kier molecular flexibility index (Phi) is 5.35. The molecule has 0 radical (unpaired) electrons. The fourth-order valence-electron chi connectivity index (χ4n) is 2.41. The number of aromatic nitrogens is 4. The van der Waals surface area contributed by atoms with E-state index >= 15 is 0 Å². The minimum absolute atomic E-state index is 0.149. The zero-order chi connectivity index (χ0) is 18.7. The van der Waals surface area contributed by atoms with Crippen LogP contribution in [0.25, 0.3) is 22.5 Å². The van der Waals surface area contributed by atoms with E-state index in [1.165, 1.54) is 11.3 Å². The minimum Gasteiger partial charge on any atom is -0.383 e. The van der Waals surface area contributed by atoms with Gasteiger partial charge in [-0.3, -0.25) is 0 Å². The number of anilines is 2. The van der Waals surface area contributed by atoms with Crippen LogP contribution >= 0.6 is 23.1 Å². The molecule has 0 unspecified atom stereocenters. The Balaban J connectivity index is 2.08. The molecule has 0 amide bonds. The summed E-state index contributed by atoms with van der Waals surface area (Å²) in [5.41, 5.74) is 14.7. The van der Waals surface area contributed by atoms with Gasteiger partial charge in [-0.15, -0.1) is 11.3 Å². The van der Waals surface area contributed by atoms with E-state index in [0.717, 1.165) is 17.1 Å². The van der Waals surface area contributed by atoms with Crippen molar-refractivity contribution in [3.8, 4) is 28.6 Å². The van der Waals surface area contributed by atoms with Crippen LogP contribution in [0.5, 0.6) is 0 Å². The summed E-state index contributed by atoms with van der Waals surface area (Å²) in [5, 5.41) is 10.7. The summed E-state index contributed by atoms with van der Waals surface area (Å²) in [6.45, 7) is 4.02. The van der Waals surface area contributed by atoms with Gasteiger partial charge in [-0.05, 0) is 19.4 Å². The first-order chi connectivity index (χ1) is 12.5. The number of hydrogen-bond donors (Lipinski definition) is 2. The largest absolute Gasteiger partial charge is 0.383 e. The van der Waals surface area contributed by atoms with Gasteiger partial charge in [-0.1, -0.05) is 18.7 Å². The second-order valence-corrected chi connectivity index (χ2v) is 7.78. The van der Waals surface area contributed by atoms with Crippen LogP contribution in [0.3, 0.4) is 0 Å². The Morgan fingerprint density at radius 3 is 2.54 bits per heavy atom. The van der Waals surface area contributed by atoms with E-state index in [-0.39, 0.29) is 5.82 Å². The van der Waals surface area contributed by atoms with Crippen molar-refractivity contribution in [1.82, 2.24) is 19.9 Å². The molecule has 3 aromatic rings. The molecule has 0 atom stereocenters. The Bertz CT molecular complexity index is 974. The summed E-state index contributed by atoms with van der Waals surface area (Å²) < 4.78 is 0. The molecule has 0 saturated carbocycles. The van der Waals surface area contributed by atoms with Gasteiger partial charge >= 0.3 is 0 Å². The SMILES string of the molecule is CCCSc1ncc(-c2cc(-c3nc(N)sc3C)nc(N)c2C#N)cn1. The van der Waals surface area contributed by atoms with E-state index in [2.05, 4.69) is 32.9 Å². The fraction of sp³-hybridized carbons (Fsp3) is 0.235. The molecule has 4 N–H and O–H groups in total. The van der Waals surface area contributed by atoms with Crippen molar-refractivity contribution in [2.75, 3.05) is 17.2 Å². The van der Waals surface area contributed by atoms with Crippen molar-refractivity contribution in [2.24, 2.45) is 0 Å². The van der Waals surface area contributed by atoms with Gasteiger partial charge < -0.3 is 11.5 Å². The van der Waals surface area contributed by atoms with Gasteiger partial charge in [0.1, 0.15) is 23.1 Å². The van der Waals surface area contributed by atoms with E-state index in [1.54, 1.807) is 30.2 Å². The first kappa shape index (κ1) is 18.1. The maximum atomic E-state index is 9.50. The van der Waals surface area contributed by atoms with Crippen molar-refractivity contribution in [2.45, 2.75) is 25.4 Å². The molecule has 0 aromatic carbocycles. The van der Waals surface area contributed by atoms with Crippen LogP contribution < -0.4 is 11.5 Å². The van der Waals surface area contributed by atoms with Gasteiger partial charge in [-0.25, -0.2) is 19.9 Å². The monoisotopic (exact) mass is 383 g/mol. The Morgan fingerprint density at radius 1 is 1.23 bits per heavy atom. The first-order valence-corrected chi connectivity index (χ1v) is 9.72. The van der Waals surface area contributed by atoms with Gasteiger partial charge in [0.15, 0.2) is 10.3 Å². The topological polar surface area (TPSA) is 127 Å². The summed E-state index contributed by atoms with van der Waals surface area (Å²) >= 11 is 2.98. The van der Waals surface area contributed by atoms with Crippen molar-refractivity contribution < 1.29 is 0 Å². The van der Waals surface area contributed by atoms with Gasteiger partial charge in [-0.2, -0.15) is 5.26 Å². The maximum Gasteiger partial charge on any atom is 0.187 e. The Hall–Kier alpha value is -2.70. The van der Waals surface area contributed by atoms with Crippen LogP contribution in [0.1, 0.15) is 23.8 Å². The van der Waals surface area contributed by atoms with E-state index in [0.29, 0.717) is 38.4 Å². The first-order valence-electron chi connectivity index (χ1n) is 7.92. The number of aryl methyl sites for hydroxylation is 1. The number of nitrogens with zero attached hydrogens (tertiary/aromatic N) is 5. The molecular weight excluding hydrogens is 366 g/mol. The number of hydrogen-bond acceptors (Lipinski definition) is 9.